The molecule has 28 heavy (non-hydrogen) atoms. The second-order valence-electron chi connectivity index (χ2n) is 8.65. The maximum Gasteiger partial charge on any atom is 0.410 e. The molecule has 0 saturated heterocycles. The van der Waals surface area contributed by atoms with Crippen LogP contribution in [0.2, 0.25) is 0 Å². The van der Waals surface area contributed by atoms with Gasteiger partial charge in [0, 0.05) is 33.2 Å². The number of hydrogen-bond donors (Lipinski definition) is 2. The second-order valence-corrected chi connectivity index (χ2v) is 8.65. The Bertz CT molecular complexity index is 524. The van der Waals surface area contributed by atoms with Crippen LogP contribution < -0.4 is 10.6 Å². The number of nitrogens with one attached hydrogen (secondary N) is 2. The van der Waals surface area contributed by atoms with Gasteiger partial charge in [0.25, 0.3) is 0 Å². The van der Waals surface area contributed by atoms with Crippen molar-refractivity contribution in [2.24, 2.45) is 16.8 Å². The number of hydrogen-bond acceptors (Lipinski definition) is 3. The Morgan fingerprint density at radius 2 is 1.79 bits per heavy atom. The average molecular weight is 409 g/mol. The monoisotopic (exact) mass is 408 g/mol. The summed E-state index contributed by atoms with van der Waals surface area (Å²) in [7, 11) is 3.32. The molecule has 1 atom stereocenters. The average Bonchev–Trinajstić information content (AvgIpc) is 2.56. The molecule has 1 rings (SSSR count). The summed E-state index contributed by atoms with van der Waals surface area (Å²) in [5.74, 6) is -0.483. The zero-order valence-electron chi connectivity index (χ0n) is 17.8. The van der Waals surface area contributed by atoms with E-state index < -0.39 is 17.7 Å². The van der Waals surface area contributed by atoms with Crippen molar-refractivity contribution >= 4 is 12.1 Å². The molecule has 0 heterocycles. The molecule has 1 aliphatic carbocycles. The van der Waals surface area contributed by atoms with Gasteiger partial charge in [-0.1, -0.05) is 6.92 Å². The fraction of sp³-hybridized carbons (Fsp3) is 0.895. The Kier molecular flexibility index (Phi) is 8.88. The van der Waals surface area contributed by atoms with Crippen LogP contribution in [0.5, 0.6) is 0 Å². The molecule has 2 N–H and O–H groups in total. The minimum absolute atomic E-state index is 0.00968. The Hall–Kier alpha value is -1.67. The van der Waals surface area contributed by atoms with Crippen LogP contribution in [-0.4, -0.2) is 62.0 Å². The SMILES string of the molecule is CN=C(NCC(C)CN(C)C(=O)OC(C)(C)C)NC1CCC(C(F)(F)F)CC1. The van der Waals surface area contributed by atoms with Gasteiger partial charge in [0.05, 0.1) is 5.92 Å². The summed E-state index contributed by atoms with van der Waals surface area (Å²) in [4.78, 5) is 17.7. The number of nitrogens with zero attached hydrogens (tertiary/aromatic N) is 2. The van der Waals surface area contributed by atoms with Gasteiger partial charge in [-0.3, -0.25) is 4.99 Å². The van der Waals surface area contributed by atoms with Crippen molar-refractivity contribution in [2.45, 2.75) is 71.2 Å². The number of guanidine groups is 1. The molecule has 0 radical (unpaired) electrons. The molecule has 1 saturated carbocycles. The standard InChI is InChI=1S/C19H35F3N4O2/c1-13(12-26(6)17(27)28-18(2,3)4)11-24-16(23-5)25-15-9-7-14(8-10-15)19(20,21)22/h13-15H,7-12H2,1-6H3,(H2,23,24,25). The van der Waals surface area contributed by atoms with E-state index in [1.165, 1.54) is 4.90 Å². The van der Waals surface area contributed by atoms with E-state index >= 15 is 0 Å². The van der Waals surface area contributed by atoms with Crippen molar-refractivity contribution in [3.05, 3.63) is 0 Å². The van der Waals surface area contributed by atoms with Gasteiger partial charge >= 0.3 is 12.3 Å². The summed E-state index contributed by atoms with van der Waals surface area (Å²) >= 11 is 0. The van der Waals surface area contributed by atoms with E-state index in [9.17, 15) is 18.0 Å². The molecule has 0 aromatic carbocycles. The highest BCUT2D eigenvalue weighted by atomic mass is 19.4. The van der Waals surface area contributed by atoms with Crippen molar-refractivity contribution < 1.29 is 22.7 Å². The van der Waals surface area contributed by atoms with Crippen molar-refractivity contribution in [1.29, 1.82) is 0 Å². The van der Waals surface area contributed by atoms with Crippen molar-refractivity contribution in [1.82, 2.24) is 15.5 Å². The number of carbonyl (C=O) groups is 1. The molecule has 1 unspecified atom stereocenters. The lowest BCUT2D eigenvalue weighted by Gasteiger charge is -2.31. The summed E-state index contributed by atoms with van der Waals surface area (Å²) in [6, 6.07) is -0.00968. The van der Waals surface area contributed by atoms with Gasteiger partial charge in [-0.05, 0) is 52.4 Å². The lowest BCUT2D eigenvalue weighted by atomic mass is 9.85. The maximum atomic E-state index is 12.8. The normalized spacial score (nSPS) is 22.4. The lowest BCUT2D eigenvalue weighted by molar-refractivity contribution is -0.182. The highest BCUT2D eigenvalue weighted by Gasteiger charge is 2.41. The number of alkyl halides is 3. The molecule has 0 bridgehead atoms. The lowest BCUT2D eigenvalue weighted by Crippen LogP contribution is -2.47. The number of aliphatic imine (C=N–C) groups is 1. The quantitative estimate of drug-likeness (QED) is 0.537. The number of rotatable bonds is 5. The van der Waals surface area contributed by atoms with Gasteiger partial charge in [-0.15, -0.1) is 0 Å². The molecule has 0 aromatic heterocycles. The van der Waals surface area contributed by atoms with Crippen LogP contribution in [0.15, 0.2) is 4.99 Å². The summed E-state index contributed by atoms with van der Waals surface area (Å²) in [5.41, 5.74) is -0.538. The topological polar surface area (TPSA) is 66.0 Å². The molecule has 0 aromatic rings. The van der Waals surface area contributed by atoms with Gasteiger partial charge in [0.2, 0.25) is 0 Å². The highest BCUT2D eigenvalue weighted by Crippen LogP contribution is 2.37. The number of carbonyl (C=O) groups excluding carboxylic acids is 1. The molecule has 164 valence electrons. The third kappa shape index (κ3) is 9.01. The fourth-order valence-corrected chi connectivity index (χ4v) is 3.17. The van der Waals surface area contributed by atoms with E-state index in [4.69, 9.17) is 4.74 Å². The fourth-order valence-electron chi connectivity index (χ4n) is 3.17. The van der Waals surface area contributed by atoms with Crippen LogP contribution in [0.25, 0.3) is 0 Å². The van der Waals surface area contributed by atoms with Crippen molar-refractivity contribution in [2.75, 3.05) is 27.2 Å². The van der Waals surface area contributed by atoms with Crippen LogP contribution in [-0.2, 0) is 4.74 Å². The number of halogens is 3. The molecule has 0 aliphatic heterocycles. The Morgan fingerprint density at radius 1 is 1.21 bits per heavy atom. The first-order valence-electron chi connectivity index (χ1n) is 9.79. The van der Waals surface area contributed by atoms with E-state index in [-0.39, 0.29) is 30.9 Å². The van der Waals surface area contributed by atoms with Gasteiger partial charge in [-0.25, -0.2) is 4.79 Å². The van der Waals surface area contributed by atoms with Gasteiger partial charge in [-0.2, -0.15) is 13.2 Å². The summed E-state index contributed by atoms with van der Waals surface area (Å²) in [6.45, 7) is 8.54. The molecular weight excluding hydrogens is 373 g/mol. The molecular formula is C19H35F3N4O2. The minimum atomic E-state index is -4.10. The molecule has 0 spiro atoms. The molecule has 1 amide bonds. The van der Waals surface area contributed by atoms with Crippen molar-refractivity contribution in [3.63, 3.8) is 0 Å². The van der Waals surface area contributed by atoms with E-state index in [1.54, 1.807) is 14.1 Å². The van der Waals surface area contributed by atoms with E-state index in [0.29, 0.717) is 31.9 Å². The van der Waals surface area contributed by atoms with E-state index in [0.717, 1.165) is 0 Å². The Labute approximate surface area is 166 Å². The zero-order valence-corrected chi connectivity index (χ0v) is 17.8. The smallest absolute Gasteiger partial charge is 0.410 e. The zero-order chi connectivity index (χ0) is 21.5. The maximum absolute atomic E-state index is 12.8. The summed E-state index contributed by atoms with van der Waals surface area (Å²) < 4.78 is 43.6. The van der Waals surface area contributed by atoms with Crippen LogP contribution >= 0.6 is 0 Å². The second kappa shape index (κ2) is 10.2. The molecule has 1 fully saturated rings. The predicted octanol–water partition coefficient (Wildman–Crippen LogP) is 3.78. The van der Waals surface area contributed by atoms with E-state index in [2.05, 4.69) is 15.6 Å². The Balaban J connectivity index is 2.37. The summed E-state index contributed by atoms with van der Waals surface area (Å²) in [5, 5.41) is 6.39. The Morgan fingerprint density at radius 3 is 2.25 bits per heavy atom. The van der Waals surface area contributed by atoms with Crippen LogP contribution in [0, 0.1) is 11.8 Å². The van der Waals surface area contributed by atoms with Crippen LogP contribution in [0.4, 0.5) is 18.0 Å². The van der Waals surface area contributed by atoms with Crippen LogP contribution in [0.1, 0.15) is 53.4 Å². The van der Waals surface area contributed by atoms with Crippen LogP contribution in [0.3, 0.4) is 0 Å². The first kappa shape index (κ1) is 24.4. The third-order valence-corrected chi connectivity index (χ3v) is 4.66. The molecule has 1 aliphatic rings. The third-order valence-electron chi connectivity index (χ3n) is 4.66. The number of amides is 1. The molecule has 9 heteroatoms. The van der Waals surface area contributed by atoms with Gasteiger partial charge in [0.1, 0.15) is 5.60 Å². The van der Waals surface area contributed by atoms with Gasteiger partial charge < -0.3 is 20.3 Å². The largest absolute Gasteiger partial charge is 0.444 e. The molecule has 6 nitrogen and oxygen atoms in total. The number of ether oxygens (including phenoxy) is 1. The highest BCUT2D eigenvalue weighted by molar-refractivity contribution is 5.80. The predicted molar refractivity (Wildman–Crippen MR) is 104 cm³/mol. The van der Waals surface area contributed by atoms with E-state index in [1.807, 2.05) is 27.7 Å². The first-order valence-corrected chi connectivity index (χ1v) is 9.79. The minimum Gasteiger partial charge on any atom is -0.444 e. The summed E-state index contributed by atoms with van der Waals surface area (Å²) in [6.07, 6.45) is -3.22. The van der Waals surface area contributed by atoms with Crippen molar-refractivity contribution in [3.8, 4) is 0 Å². The first-order chi connectivity index (χ1) is 12.8. The van der Waals surface area contributed by atoms with Gasteiger partial charge in [0.15, 0.2) is 5.96 Å².